The standard InChI is InChI=1S/C73H120O6/c1-4-7-10-13-16-19-22-25-28-30-32-34-35-36-37-39-40-42-45-48-51-54-57-60-63-66-72(75)78-69-70(68-77-71(74)65-62-59-56-53-50-47-44-27-24-21-18-15-12-9-6-3)79-73(76)67-64-61-58-55-52-49-46-43-41-38-33-31-29-26-23-20-17-14-11-8-5-2/h7-8,10-11,16-17,19-20,25-26,28-29,32-34,36-38,40,42-43,46,70H,4-6,9,12-15,18,21-24,27,30-31,35,39,41,44-45,47-69H2,1-3H3/b10-7-,11-8-,19-16-,20-17-,28-25-,29-26-,34-32-,37-36-,38-33-,42-40-,46-43-. The van der Waals surface area contributed by atoms with Crippen LogP contribution < -0.4 is 0 Å². The quantitative estimate of drug-likeness (QED) is 0.0261. The second kappa shape index (κ2) is 66.1. The lowest BCUT2D eigenvalue weighted by Crippen LogP contribution is -2.30. The second-order valence-corrected chi connectivity index (χ2v) is 21.3. The largest absolute Gasteiger partial charge is 0.462 e. The third-order valence-corrected chi connectivity index (χ3v) is 13.7. The van der Waals surface area contributed by atoms with E-state index in [0.717, 1.165) is 161 Å². The lowest BCUT2D eigenvalue weighted by molar-refractivity contribution is -0.167. The lowest BCUT2D eigenvalue weighted by Gasteiger charge is -2.18. The van der Waals surface area contributed by atoms with Crippen LogP contribution in [0.4, 0.5) is 0 Å². The molecule has 0 aromatic rings. The molecule has 0 amide bonds. The number of allylic oxidation sites excluding steroid dienone is 22. The Balaban J connectivity index is 4.45. The summed E-state index contributed by atoms with van der Waals surface area (Å²) < 4.78 is 16.9. The molecule has 0 spiro atoms. The highest BCUT2D eigenvalue weighted by Crippen LogP contribution is 2.16. The van der Waals surface area contributed by atoms with Gasteiger partial charge in [0.05, 0.1) is 0 Å². The van der Waals surface area contributed by atoms with Crippen molar-refractivity contribution in [3.63, 3.8) is 0 Å². The SMILES string of the molecule is CC/C=C\C/C=C\C/C=C\C/C=C\C/C=C\C/C=C\CCCCCCCCC(=O)OCC(COC(=O)CCCCCCCCCCCCCCCCC)OC(=O)CCCCCCC/C=C\C/C=C\C/C=C\C/C=C\C/C=C\CC. The van der Waals surface area contributed by atoms with Crippen LogP contribution in [0.3, 0.4) is 0 Å². The zero-order chi connectivity index (χ0) is 57.1. The zero-order valence-electron chi connectivity index (χ0n) is 51.3. The average Bonchev–Trinajstić information content (AvgIpc) is 3.45. The molecule has 0 saturated heterocycles. The van der Waals surface area contributed by atoms with Crippen molar-refractivity contribution in [3.05, 3.63) is 134 Å². The Morgan fingerprint density at radius 1 is 0.266 bits per heavy atom. The average molecular weight is 1090 g/mol. The first-order valence-electron chi connectivity index (χ1n) is 32.7. The van der Waals surface area contributed by atoms with E-state index in [4.69, 9.17) is 14.2 Å². The van der Waals surface area contributed by atoms with E-state index < -0.39 is 6.10 Å². The van der Waals surface area contributed by atoms with Crippen LogP contribution in [0.25, 0.3) is 0 Å². The van der Waals surface area contributed by atoms with Gasteiger partial charge in [0.1, 0.15) is 13.2 Å². The number of unbranched alkanes of at least 4 members (excludes halogenated alkanes) is 25. The molecule has 0 aliphatic heterocycles. The molecule has 0 saturated carbocycles. The molecule has 0 rings (SSSR count). The summed E-state index contributed by atoms with van der Waals surface area (Å²) in [6, 6.07) is 0. The Bertz CT molecular complexity index is 1680. The predicted octanol–water partition coefficient (Wildman–Crippen LogP) is 22.5. The van der Waals surface area contributed by atoms with E-state index >= 15 is 0 Å². The van der Waals surface area contributed by atoms with E-state index in [-0.39, 0.29) is 31.1 Å². The molecule has 6 nitrogen and oxygen atoms in total. The third-order valence-electron chi connectivity index (χ3n) is 13.7. The van der Waals surface area contributed by atoms with Crippen LogP contribution >= 0.6 is 0 Å². The molecule has 6 heteroatoms. The van der Waals surface area contributed by atoms with Crippen LogP contribution in [0.2, 0.25) is 0 Å². The van der Waals surface area contributed by atoms with Gasteiger partial charge in [-0.2, -0.15) is 0 Å². The minimum Gasteiger partial charge on any atom is -0.462 e. The van der Waals surface area contributed by atoms with Gasteiger partial charge in [0.15, 0.2) is 6.10 Å². The number of carbonyl (C=O) groups excluding carboxylic acids is 3. The summed E-state index contributed by atoms with van der Waals surface area (Å²) in [5.74, 6) is -0.921. The van der Waals surface area contributed by atoms with Crippen molar-refractivity contribution in [2.24, 2.45) is 0 Å². The van der Waals surface area contributed by atoms with Gasteiger partial charge in [0.2, 0.25) is 0 Å². The van der Waals surface area contributed by atoms with Crippen LogP contribution in [0.15, 0.2) is 134 Å². The van der Waals surface area contributed by atoms with Gasteiger partial charge in [-0.25, -0.2) is 0 Å². The molecule has 1 unspecified atom stereocenters. The fraction of sp³-hybridized carbons (Fsp3) is 0.658. The third kappa shape index (κ3) is 64.3. The lowest BCUT2D eigenvalue weighted by atomic mass is 10.0. The Hall–Kier alpha value is -4.45. The van der Waals surface area contributed by atoms with Gasteiger partial charge in [-0.1, -0.05) is 289 Å². The van der Waals surface area contributed by atoms with Crippen molar-refractivity contribution in [2.75, 3.05) is 13.2 Å². The monoisotopic (exact) mass is 1090 g/mol. The molecule has 79 heavy (non-hydrogen) atoms. The Morgan fingerprint density at radius 2 is 0.494 bits per heavy atom. The van der Waals surface area contributed by atoms with Crippen molar-refractivity contribution in [1.29, 1.82) is 0 Å². The maximum absolute atomic E-state index is 12.9. The minimum absolute atomic E-state index is 0.0923. The first-order valence-corrected chi connectivity index (χ1v) is 32.7. The van der Waals surface area contributed by atoms with Crippen LogP contribution in [0.1, 0.15) is 290 Å². The predicted molar refractivity (Wildman–Crippen MR) is 343 cm³/mol. The molecule has 448 valence electrons. The Labute approximate surface area is 487 Å². The first-order chi connectivity index (χ1) is 39.0. The van der Waals surface area contributed by atoms with Crippen molar-refractivity contribution >= 4 is 17.9 Å². The number of hydrogen-bond acceptors (Lipinski definition) is 6. The number of rotatable bonds is 58. The van der Waals surface area contributed by atoms with E-state index in [2.05, 4.69) is 154 Å². The fourth-order valence-electron chi connectivity index (χ4n) is 8.83. The highest BCUT2D eigenvalue weighted by molar-refractivity contribution is 5.71. The van der Waals surface area contributed by atoms with Crippen LogP contribution in [-0.2, 0) is 28.6 Å². The second-order valence-electron chi connectivity index (χ2n) is 21.3. The molecule has 0 aromatic heterocycles. The summed E-state index contributed by atoms with van der Waals surface area (Å²) in [6.45, 7) is 6.40. The van der Waals surface area contributed by atoms with Crippen molar-refractivity contribution < 1.29 is 28.6 Å². The molecule has 0 aromatic carbocycles. The highest BCUT2D eigenvalue weighted by Gasteiger charge is 2.19. The summed E-state index contributed by atoms with van der Waals surface area (Å²) in [6.07, 6.45) is 93.0. The molecule has 0 aliphatic rings. The summed E-state index contributed by atoms with van der Waals surface area (Å²) in [5.41, 5.74) is 0. The van der Waals surface area contributed by atoms with Gasteiger partial charge in [0.25, 0.3) is 0 Å². The normalized spacial score (nSPS) is 13.0. The zero-order valence-corrected chi connectivity index (χ0v) is 51.3. The summed E-state index contributed by atoms with van der Waals surface area (Å²) in [5, 5.41) is 0. The summed E-state index contributed by atoms with van der Waals surface area (Å²) in [7, 11) is 0. The number of hydrogen-bond donors (Lipinski definition) is 0. The maximum Gasteiger partial charge on any atom is 0.306 e. The Morgan fingerprint density at radius 3 is 0.772 bits per heavy atom. The topological polar surface area (TPSA) is 78.9 Å². The Kier molecular flexibility index (Phi) is 62.3. The summed E-state index contributed by atoms with van der Waals surface area (Å²) >= 11 is 0. The molecule has 0 aliphatic carbocycles. The molecule has 1 atom stereocenters. The van der Waals surface area contributed by atoms with E-state index in [0.29, 0.717) is 19.3 Å². The van der Waals surface area contributed by atoms with Gasteiger partial charge < -0.3 is 14.2 Å². The van der Waals surface area contributed by atoms with E-state index in [1.54, 1.807) is 0 Å². The van der Waals surface area contributed by atoms with Gasteiger partial charge in [-0.05, 0) is 116 Å². The van der Waals surface area contributed by atoms with Gasteiger partial charge in [0, 0.05) is 19.3 Å². The molecular formula is C73H120O6. The maximum atomic E-state index is 12.9. The van der Waals surface area contributed by atoms with Crippen molar-refractivity contribution in [1.82, 2.24) is 0 Å². The van der Waals surface area contributed by atoms with Crippen molar-refractivity contribution in [3.8, 4) is 0 Å². The van der Waals surface area contributed by atoms with Gasteiger partial charge in [-0.15, -0.1) is 0 Å². The number of esters is 3. The van der Waals surface area contributed by atoms with Crippen LogP contribution in [-0.4, -0.2) is 37.2 Å². The van der Waals surface area contributed by atoms with Crippen molar-refractivity contribution in [2.45, 2.75) is 297 Å². The van der Waals surface area contributed by atoms with E-state index in [9.17, 15) is 14.4 Å². The molecule has 0 radical (unpaired) electrons. The van der Waals surface area contributed by atoms with Gasteiger partial charge in [-0.3, -0.25) is 14.4 Å². The highest BCUT2D eigenvalue weighted by atomic mass is 16.6. The minimum atomic E-state index is -0.800. The smallest absolute Gasteiger partial charge is 0.306 e. The molecule has 0 N–H and O–H groups in total. The van der Waals surface area contributed by atoms with E-state index in [1.807, 2.05) is 0 Å². The molecule has 0 fully saturated rings. The number of carbonyl (C=O) groups is 3. The summed E-state index contributed by atoms with van der Waals surface area (Å²) in [4.78, 5) is 38.4. The van der Waals surface area contributed by atoms with Gasteiger partial charge >= 0.3 is 17.9 Å². The van der Waals surface area contributed by atoms with Crippen LogP contribution in [0.5, 0.6) is 0 Å². The molecule has 0 heterocycles. The number of ether oxygens (including phenoxy) is 3. The van der Waals surface area contributed by atoms with E-state index in [1.165, 1.54) is 89.9 Å². The first kappa shape index (κ1) is 74.5. The van der Waals surface area contributed by atoms with Crippen LogP contribution in [0, 0.1) is 0 Å². The molecular weight excluding hydrogens is 973 g/mol. The fourth-order valence-corrected chi connectivity index (χ4v) is 8.83. The molecule has 0 bridgehead atoms.